The Balaban J connectivity index is 2.08. The van der Waals surface area contributed by atoms with Crippen LogP contribution in [0.1, 0.15) is 6.42 Å². The molecule has 1 rings (SSSR count). The Morgan fingerprint density at radius 1 is 1.40 bits per heavy atom. The lowest BCUT2D eigenvalue weighted by Gasteiger charge is -2.16. The molecule has 1 heterocycles. The zero-order chi connectivity index (χ0) is 3.70. The van der Waals surface area contributed by atoms with Crippen LogP contribution in [0.25, 0.3) is 0 Å². The van der Waals surface area contributed by atoms with Crippen LogP contribution in [0.2, 0.25) is 12.1 Å². The Bertz CT molecular complexity index is 33.9. The Kier molecular flexibility index (Phi) is 0.745. The monoisotopic (exact) mass is 87.1 g/mol. The van der Waals surface area contributed by atoms with E-state index >= 15 is 0 Å². The summed E-state index contributed by atoms with van der Waals surface area (Å²) >= 11 is 0. The minimum absolute atomic E-state index is 0.469. The molecule has 0 aromatic rings. The number of nitrogens with two attached hydrogens (primary N) is 1. The highest BCUT2D eigenvalue weighted by Crippen LogP contribution is 2.13. The van der Waals surface area contributed by atoms with Gasteiger partial charge < -0.3 is 5.40 Å². The molecule has 0 aromatic carbocycles. The summed E-state index contributed by atoms with van der Waals surface area (Å²) in [4.78, 5) is 0. The van der Waals surface area contributed by atoms with E-state index in [2.05, 4.69) is 0 Å². The van der Waals surface area contributed by atoms with Gasteiger partial charge in [0.05, 0.1) is 0 Å². The highest BCUT2D eigenvalue weighted by atomic mass is 28.3. The van der Waals surface area contributed by atoms with Crippen molar-refractivity contribution in [1.82, 2.24) is 0 Å². The molecule has 30 valence electrons. The molecule has 0 bridgehead atoms. The molecule has 0 radical (unpaired) electrons. The van der Waals surface area contributed by atoms with Gasteiger partial charge in [-0.25, -0.2) is 0 Å². The zero-order valence-corrected chi connectivity index (χ0v) is 4.43. The smallest absolute Gasteiger partial charge is 0.106 e. The molecule has 0 atom stereocenters. The van der Waals surface area contributed by atoms with Crippen LogP contribution in [0.15, 0.2) is 0 Å². The molecule has 0 aliphatic carbocycles. The fraction of sp³-hybridized carbons (Fsp3) is 1.00. The number of hydrogen-bond acceptors (Lipinski definition) is 1. The maximum absolute atomic E-state index is 5.52. The highest BCUT2D eigenvalue weighted by Gasteiger charge is 2.12. The first-order valence-electron chi connectivity index (χ1n) is 2.15. The number of hydrogen-bond donors (Lipinski definition) is 1. The molecule has 5 heavy (non-hydrogen) atoms. The van der Waals surface area contributed by atoms with Gasteiger partial charge >= 0.3 is 0 Å². The van der Waals surface area contributed by atoms with Gasteiger partial charge in [0, 0.05) is 0 Å². The molecule has 1 aliphatic rings. The molecule has 0 amide bonds. The maximum Gasteiger partial charge on any atom is 0.106 e. The van der Waals surface area contributed by atoms with Crippen molar-refractivity contribution >= 4 is 8.96 Å². The molecular formula is C3H9NSi. The van der Waals surface area contributed by atoms with Gasteiger partial charge in [0.1, 0.15) is 8.96 Å². The van der Waals surface area contributed by atoms with Crippen molar-refractivity contribution in [3.05, 3.63) is 0 Å². The molecule has 1 aliphatic heterocycles. The molecule has 2 N–H and O–H groups in total. The maximum atomic E-state index is 5.52. The summed E-state index contributed by atoms with van der Waals surface area (Å²) in [6.07, 6.45) is 1.42. The third-order valence-corrected chi connectivity index (χ3v) is 3.45. The average molecular weight is 87.2 g/mol. The van der Waals surface area contributed by atoms with Crippen molar-refractivity contribution in [1.29, 1.82) is 0 Å². The van der Waals surface area contributed by atoms with Crippen LogP contribution in [0, 0.1) is 0 Å². The van der Waals surface area contributed by atoms with E-state index in [0.29, 0.717) is 0 Å². The molecule has 0 saturated carbocycles. The van der Waals surface area contributed by atoms with Crippen molar-refractivity contribution in [3.63, 3.8) is 0 Å². The largest absolute Gasteiger partial charge is 0.353 e. The van der Waals surface area contributed by atoms with Gasteiger partial charge in [-0.1, -0.05) is 6.42 Å². The summed E-state index contributed by atoms with van der Waals surface area (Å²) in [6, 6.07) is 2.81. The van der Waals surface area contributed by atoms with Crippen LogP contribution in [0.5, 0.6) is 0 Å². The van der Waals surface area contributed by atoms with E-state index in [-0.39, 0.29) is 0 Å². The Morgan fingerprint density at radius 2 is 1.80 bits per heavy atom. The molecule has 2 heteroatoms. The lowest BCUT2D eigenvalue weighted by Crippen LogP contribution is -2.31. The Labute approximate surface area is 33.9 Å². The van der Waals surface area contributed by atoms with Crippen LogP contribution in [-0.2, 0) is 0 Å². The van der Waals surface area contributed by atoms with Gasteiger partial charge in [0.15, 0.2) is 0 Å². The standard InChI is InChI=1S/C3H9NSi/c4-5-2-1-3-5/h5H,1-4H2. The fourth-order valence-electron chi connectivity index (χ4n) is 0.440. The van der Waals surface area contributed by atoms with Gasteiger partial charge in [-0.2, -0.15) is 0 Å². The van der Waals surface area contributed by atoms with Gasteiger partial charge in [0.2, 0.25) is 0 Å². The normalized spacial score (nSPS) is 25.8. The summed E-state index contributed by atoms with van der Waals surface area (Å²) in [7, 11) is -0.469. The van der Waals surface area contributed by atoms with E-state index in [1.54, 1.807) is 0 Å². The van der Waals surface area contributed by atoms with E-state index in [9.17, 15) is 0 Å². The van der Waals surface area contributed by atoms with Gasteiger partial charge in [-0.3, -0.25) is 0 Å². The minimum atomic E-state index is -0.469. The molecular weight excluding hydrogens is 78.1 g/mol. The predicted molar refractivity (Wildman–Crippen MR) is 25.6 cm³/mol. The first-order chi connectivity index (χ1) is 2.39. The molecule has 1 nitrogen and oxygen atoms in total. The average Bonchev–Trinajstić information content (AvgIpc) is 1.30. The van der Waals surface area contributed by atoms with Crippen molar-refractivity contribution in [3.8, 4) is 0 Å². The van der Waals surface area contributed by atoms with E-state index in [1.165, 1.54) is 18.5 Å². The second kappa shape index (κ2) is 1.10. The van der Waals surface area contributed by atoms with Crippen molar-refractivity contribution < 1.29 is 0 Å². The molecule has 1 saturated heterocycles. The van der Waals surface area contributed by atoms with Crippen LogP contribution < -0.4 is 5.40 Å². The van der Waals surface area contributed by atoms with Gasteiger partial charge in [-0.15, -0.1) is 0 Å². The first-order valence-corrected chi connectivity index (χ1v) is 4.45. The van der Waals surface area contributed by atoms with E-state index in [1.807, 2.05) is 0 Å². The predicted octanol–water partition coefficient (Wildman–Crippen LogP) is 0.0726. The summed E-state index contributed by atoms with van der Waals surface area (Å²) < 4.78 is 0. The lowest BCUT2D eigenvalue weighted by atomic mass is 10.5. The molecule has 0 spiro atoms. The second-order valence-electron chi connectivity index (χ2n) is 1.69. The van der Waals surface area contributed by atoms with Gasteiger partial charge in [-0.05, 0) is 12.1 Å². The zero-order valence-electron chi connectivity index (χ0n) is 3.28. The first kappa shape index (κ1) is 3.37. The minimum Gasteiger partial charge on any atom is -0.353 e. The molecule has 1 fully saturated rings. The summed E-state index contributed by atoms with van der Waals surface area (Å²) in [5.74, 6) is 0. The van der Waals surface area contributed by atoms with Crippen LogP contribution in [0.4, 0.5) is 0 Å². The van der Waals surface area contributed by atoms with Crippen LogP contribution in [-0.4, -0.2) is 8.96 Å². The van der Waals surface area contributed by atoms with Crippen molar-refractivity contribution in [2.24, 2.45) is 5.40 Å². The highest BCUT2D eigenvalue weighted by molar-refractivity contribution is 6.58. The quantitative estimate of drug-likeness (QED) is 0.416. The topological polar surface area (TPSA) is 26.0 Å². The Morgan fingerprint density at radius 3 is 1.80 bits per heavy atom. The van der Waals surface area contributed by atoms with Crippen molar-refractivity contribution in [2.75, 3.05) is 0 Å². The third kappa shape index (κ3) is 0.519. The number of rotatable bonds is 0. The molecule has 0 unspecified atom stereocenters. The van der Waals surface area contributed by atoms with Gasteiger partial charge in [0.25, 0.3) is 0 Å². The summed E-state index contributed by atoms with van der Waals surface area (Å²) in [6.45, 7) is 0. The third-order valence-electron chi connectivity index (χ3n) is 1.15. The van der Waals surface area contributed by atoms with Crippen LogP contribution in [0.3, 0.4) is 0 Å². The lowest BCUT2D eigenvalue weighted by molar-refractivity contribution is 0.931. The van der Waals surface area contributed by atoms with E-state index in [4.69, 9.17) is 5.40 Å². The fourth-order valence-corrected chi connectivity index (χ4v) is 1.32. The SMILES string of the molecule is N[SiH]1CCC1. The second-order valence-corrected chi connectivity index (χ2v) is 4.37. The summed E-state index contributed by atoms with van der Waals surface area (Å²) in [5, 5.41) is 5.52. The molecule has 0 aromatic heterocycles. The van der Waals surface area contributed by atoms with E-state index < -0.39 is 8.96 Å². The van der Waals surface area contributed by atoms with E-state index in [0.717, 1.165) is 0 Å². The van der Waals surface area contributed by atoms with Crippen molar-refractivity contribution in [2.45, 2.75) is 18.5 Å². The Hall–Kier alpha value is 0.177. The summed E-state index contributed by atoms with van der Waals surface area (Å²) in [5.41, 5.74) is 0. The van der Waals surface area contributed by atoms with Crippen LogP contribution >= 0.6 is 0 Å².